The summed E-state index contributed by atoms with van der Waals surface area (Å²) >= 11 is 1.81. The van der Waals surface area contributed by atoms with E-state index >= 15 is 0 Å². The molecular weight excluding hydrogens is 206 g/mol. The van der Waals surface area contributed by atoms with Crippen LogP contribution in [0.4, 0.5) is 0 Å². The minimum atomic E-state index is 0.349. The van der Waals surface area contributed by atoms with Gasteiger partial charge in [0, 0.05) is 24.6 Å². The number of hydrogen-bond acceptors (Lipinski definition) is 3. The van der Waals surface area contributed by atoms with Crippen molar-refractivity contribution in [1.82, 2.24) is 5.01 Å². The number of rotatable bonds is 3. The van der Waals surface area contributed by atoms with Crippen LogP contribution in [0.25, 0.3) is 0 Å². The van der Waals surface area contributed by atoms with Crippen LogP contribution in [0, 0.1) is 5.92 Å². The van der Waals surface area contributed by atoms with Crippen molar-refractivity contribution in [1.29, 1.82) is 0 Å². The van der Waals surface area contributed by atoms with Crippen LogP contribution in [0.15, 0.2) is 10.1 Å². The van der Waals surface area contributed by atoms with Gasteiger partial charge >= 0.3 is 0 Å². The summed E-state index contributed by atoms with van der Waals surface area (Å²) in [5.41, 5.74) is 0. The number of aliphatic imine (C=N–C) groups is 1. The number of hydrazone groups is 1. The topological polar surface area (TPSA) is 28.0 Å². The predicted molar refractivity (Wildman–Crippen MR) is 69.7 cm³/mol. The van der Waals surface area contributed by atoms with Crippen LogP contribution >= 0.6 is 11.8 Å². The molecule has 0 atom stereocenters. The van der Waals surface area contributed by atoms with Gasteiger partial charge in [0.2, 0.25) is 0 Å². The van der Waals surface area contributed by atoms with Crippen molar-refractivity contribution >= 4 is 23.1 Å². The molecule has 0 unspecified atom stereocenters. The van der Waals surface area contributed by atoms with Gasteiger partial charge in [-0.05, 0) is 26.2 Å². The summed E-state index contributed by atoms with van der Waals surface area (Å²) in [6.07, 6.45) is 3.18. The van der Waals surface area contributed by atoms with E-state index in [-0.39, 0.29) is 0 Å². The highest BCUT2D eigenvalue weighted by Crippen LogP contribution is 2.18. The van der Waals surface area contributed by atoms with E-state index in [1.807, 2.05) is 23.0 Å². The number of thioether (sulfide) groups is 1. The van der Waals surface area contributed by atoms with Crippen LogP contribution < -0.4 is 0 Å². The first-order valence-electron chi connectivity index (χ1n) is 5.62. The second kappa shape index (κ2) is 6.16. The summed E-state index contributed by atoms with van der Waals surface area (Å²) in [6, 6.07) is 0.349. The SMILES string of the molecule is CC(C)/C=N/N1CCCSC1=NC(C)C. The van der Waals surface area contributed by atoms with Gasteiger partial charge in [-0.15, -0.1) is 0 Å². The van der Waals surface area contributed by atoms with E-state index in [1.54, 1.807) is 0 Å². The molecule has 1 saturated heterocycles. The molecule has 0 spiro atoms. The van der Waals surface area contributed by atoms with E-state index in [0.717, 1.165) is 11.7 Å². The average molecular weight is 227 g/mol. The molecule has 1 fully saturated rings. The third-order valence-corrected chi connectivity index (χ3v) is 2.91. The lowest BCUT2D eigenvalue weighted by atomic mass is 10.3. The molecule has 0 aliphatic carbocycles. The molecule has 0 saturated carbocycles. The quantitative estimate of drug-likeness (QED) is 0.693. The summed E-state index contributed by atoms with van der Waals surface area (Å²) in [6.45, 7) is 9.49. The fourth-order valence-corrected chi connectivity index (χ4v) is 2.22. The lowest BCUT2D eigenvalue weighted by Gasteiger charge is -2.25. The predicted octanol–water partition coefficient (Wildman–Crippen LogP) is 2.83. The maximum Gasteiger partial charge on any atom is 0.180 e. The Morgan fingerprint density at radius 2 is 2.07 bits per heavy atom. The zero-order valence-corrected chi connectivity index (χ0v) is 10.9. The van der Waals surface area contributed by atoms with Crippen LogP contribution in [0.3, 0.4) is 0 Å². The van der Waals surface area contributed by atoms with Crippen LogP contribution in [-0.4, -0.2) is 34.7 Å². The molecule has 0 amide bonds. The third-order valence-electron chi connectivity index (χ3n) is 1.84. The highest BCUT2D eigenvalue weighted by molar-refractivity contribution is 8.13. The fourth-order valence-electron chi connectivity index (χ4n) is 1.19. The minimum Gasteiger partial charge on any atom is -0.258 e. The normalized spacial score (nSPS) is 21.2. The van der Waals surface area contributed by atoms with Gasteiger partial charge < -0.3 is 0 Å². The van der Waals surface area contributed by atoms with E-state index in [4.69, 9.17) is 0 Å². The highest BCUT2D eigenvalue weighted by atomic mass is 32.2. The molecule has 1 aliphatic rings. The van der Waals surface area contributed by atoms with Gasteiger partial charge in [0.1, 0.15) is 0 Å². The Balaban J connectivity index is 2.66. The molecule has 1 rings (SSSR count). The minimum absolute atomic E-state index is 0.349. The highest BCUT2D eigenvalue weighted by Gasteiger charge is 2.16. The molecule has 86 valence electrons. The molecule has 3 nitrogen and oxygen atoms in total. The van der Waals surface area contributed by atoms with Crippen LogP contribution in [0.5, 0.6) is 0 Å². The summed E-state index contributed by atoms with van der Waals surface area (Å²) in [5.74, 6) is 1.66. The van der Waals surface area contributed by atoms with Crippen molar-refractivity contribution in [3.05, 3.63) is 0 Å². The van der Waals surface area contributed by atoms with E-state index < -0.39 is 0 Å². The molecule has 0 bridgehead atoms. The van der Waals surface area contributed by atoms with Crippen molar-refractivity contribution in [2.75, 3.05) is 12.3 Å². The Labute approximate surface area is 97.0 Å². The molecule has 1 heterocycles. The Morgan fingerprint density at radius 1 is 1.33 bits per heavy atom. The monoisotopic (exact) mass is 227 g/mol. The standard InChI is InChI=1S/C11H21N3S/c1-9(2)8-12-14-6-5-7-15-11(14)13-10(3)4/h8-10H,5-7H2,1-4H3/b12-8+,13-11?. The third kappa shape index (κ3) is 4.69. The summed E-state index contributed by atoms with van der Waals surface area (Å²) in [5, 5.41) is 7.59. The molecule has 0 aromatic heterocycles. The molecule has 0 N–H and O–H groups in total. The fraction of sp³-hybridized carbons (Fsp3) is 0.818. The first-order chi connectivity index (χ1) is 7.09. The van der Waals surface area contributed by atoms with E-state index in [0.29, 0.717) is 12.0 Å². The molecular formula is C11H21N3S. The number of amidine groups is 1. The Hall–Kier alpha value is -0.510. The summed E-state index contributed by atoms with van der Waals surface area (Å²) in [7, 11) is 0. The van der Waals surface area contributed by atoms with Crippen molar-refractivity contribution in [2.45, 2.75) is 40.2 Å². The van der Waals surface area contributed by atoms with Crippen molar-refractivity contribution in [3.8, 4) is 0 Å². The summed E-state index contributed by atoms with van der Waals surface area (Å²) in [4.78, 5) is 4.59. The van der Waals surface area contributed by atoms with Crippen LogP contribution in [0.1, 0.15) is 34.1 Å². The van der Waals surface area contributed by atoms with E-state index in [9.17, 15) is 0 Å². The zero-order chi connectivity index (χ0) is 11.3. The summed E-state index contributed by atoms with van der Waals surface area (Å²) < 4.78 is 0. The maximum absolute atomic E-state index is 4.59. The van der Waals surface area contributed by atoms with Gasteiger partial charge in [0.25, 0.3) is 0 Å². The van der Waals surface area contributed by atoms with Gasteiger partial charge in [-0.3, -0.25) is 4.99 Å². The van der Waals surface area contributed by atoms with Gasteiger partial charge in [-0.25, -0.2) is 5.01 Å². The lowest BCUT2D eigenvalue weighted by molar-refractivity contribution is 0.443. The lowest BCUT2D eigenvalue weighted by Crippen LogP contribution is -2.30. The van der Waals surface area contributed by atoms with Crippen LogP contribution in [0.2, 0.25) is 0 Å². The average Bonchev–Trinajstić information content (AvgIpc) is 2.15. The van der Waals surface area contributed by atoms with E-state index in [1.165, 1.54) is 12.2 Å². The Bertz CT molecular complexity index is 246. The largest absolute Gasteiger partial charge is 0.258 e. The van der Waals surface area contributed by atoms with Gasteiger partial charge in [-0.1, -0.05) is 25.6 Å². The maximum atomic E-state index is 4.59. The number of nitrogens with zero attached hydrogens (tertiary/aromatic N) is 3. The van der Waals surface area contributed by atoms with Crippen LogP contribution in [-0.2, 0) is 0 Å². The first kappa shape index (κ1) is 12.6. The van der Waals surface area contributed by atoms with Gasteiger partial charge in [0.05, 0.1) is 0 Å². The second-order valence-electron chi connectivity index (χ2n) is 4.34. The van der Waals surface area contributed by atoms with Gasteiger partial charge in [-0.2, -0.15) is 5.10 Å². The molecule has 1 aliphatic heterocycles. The zero-order valence-electron chi connectivity index (χ0n) is 10.1. The van der Waals surface area contributed by atoms with Gasteiger partial charge in [0.15, 0.2) is 5.17 Å². The number of hydrogen-bond donors (Lipinski definition) is 0. The van der Waals surface area contributed by atoms with Crippen molar-refractivity contribution in [2.24, 2.45) is 16.0 Å². The van der Waals surface area contributed by atoms with Crippen molar-refractivity contribution in [3.63, 3.8) is 0 Å². The smallest absolute Gasteiger partial charge is 0.180 e. The molecule has 0 aromatic rings. The van der Waals surface area contributed by atoms with E-state index in [2.05, 4.69) is 37.8 Å². The molecule has 15 heavy (non-hydrogen) atoms. The molecule has 4 heteroatoms. The second-order valence-corrected chi connectivity index (χ2v) is 5.40. The van der Waals surface area contributed by atoms with Crippen molar-refractivity contribution < 1.29 is 0 Å². The molecule has 0 radical (unpaired) electrons. The Morgan fingerprint density at radius 3 is 2.67 bits per heavy atom. The molecule has 0 aromatic carbocycles. The Kier molecular flexibility index (Phi) is 5.15. The first-order valence-corrected chi connectivity index (χ1v) is 6.60.